The maximum Gasteiger partial charge on any atom is 0.280 e. The second-order valence-corrected chi connectivity index (χ2v) is 6.82. The topological polar surface area (TPSA) is 64.9 Å². The Kier molecular flexibility index (Phi) is 7.08. The molecule has 2 aromatic rings. The van der Waals surface area contributed by atoms with Crippen molar-refractivity contribution in [1.29, 1.82) is 0 Å². The zero-order valence-corrected chi connectivity index (χ0v) is 16.7. The summed E-state index contributed by atoms with van der Waals surface area (Å²) >= 11 is 11.8. The first-order valence-corrected chi connectivity index (χ1v) is 8.73. The van der Waals surface area contributed by atoms with E-state index in [-0.39, 0.29) is 12.5 Å². The van der Waals surface area contributed by atoms with Crippen molar-refractivity contribution in [1.82, 2.24) is 4.98 Å². The summed E-state index contributed by atoms with van der Waals surface area (Å²) in [7, 11) is 5.14. The van der Waals surface area contributed by atoms with Gasteiger partial charge in [-0.05, 0) is 30.7 Å². The van der Waals surface area contributed by atoms with Crippen LogP contribution in [0.5, 0.6) is 11.5 Å². The van der Waals surface area contributed by atoms with Gasteiger partial charge >= 0.3 is 0 Å². The van der Waals surface area contributed by atoms with E-state index >= 15 is 0 Å². The smallest absolute Gasteiger partial charge is 0.280 e. The molecule has 2 N–H and O–H groups in total. The van der Waals surface area contributed by atoms with Crippen molar-refractivity contribution in [2.75, 3.05) is 33.1 Å². The Morgan fingerprint density at radius 2 is 1.85 bits per heavy atom. The molecule has 1 heterocycles. The first kappa shape index (κ1) is 20.3. The molecule has 0 fully saturated rings. The van der Waals surface area contributed by atoms with Gasteiger partial charge in [0.15, 0.2) is 23.9 Å². The van der Waals surface area contributed by atoms with Crippen LogP contribution in [0, 0.1) is 6.92 Å². The van der Waals surface area contributed by atoms with Crippen LogP contribution >= 0.6 is 23.2 Å². The van der Waals surface area contributed by atoms with Gasteiger partial charge in [-0.3, -0.25) is 4.79 Å². The van der Waals surface area contributed by atoms with Gasteiger partial charge in [0.1, 0.15) is 6.54 Å². The lowest BCUT2D eigenvalue weighted by atomic mass is 10.1. The van der Waals surface area contributed by atoms with Crippen LogP contribution < -0.4 is 19.7 Å². The Balaban J connectivity index is 2.01. The number of likely N-dealkylation sites (N-methyl/N-ethyl adjacent to an activating group) is 1. The van der Waals surface area contributed by atoms with Crippen molar-refractivity contribution >= 4 is 34.9 Å². The summed E-state index contributed by atoms with van der Waals surface area (Å²) in [6.07, 6.45) is 1.44. The van der Waals surface area contributed by atoms with E-state index in [0.29, 0.717) is 33.9 Å². The van der Waals surface area contributed by atoms with Crippen LogP contribution in [-0.4, -0.2) is 38.7 Å². The highest BCUT2D eigenvalue weighted by atomic mass is 35.5. The van der Waals surface area contributed by atoms with Crippen LogP contribution in [0.15, 0.2) is 24.4 Å². The molecule has 26 heavy (non-hydrogen) atoms. The van der Waals surface area contributed by atoms with Gasteiger partial charge in [0.05, 0.1) is 31.3 Å². The molecule has 0 spiro atoms. The number of halogens is 2. The van der Waals surface area contributed by atoms with Crippen molar-refractivity contribution in [2.24, 2.45) is 0 Å². The van der Waals surface area contributed by atoms with E-state index in [1.54, 1.807) is 14.2 Å². The average Bonchev–Trinajstić information content (AvgIpc) is 2.58. The third-order valence-electron chi connectivity index (χ3n) is 3.86. The van der Waals surface area contributed by atoms with E-state index in [1.807, 2.05) is 26.1 Å². The first-order chi connectivity index (χ1) is 12.3. The van der Waals surface area contributed by atoms with E-state index < -0.39 is 0 Å². The zero-order chi connectivity index (χ0) is 19.3. The number of aromatic nitrogens is 1. The molecule has 0 saturated heterocycles. The third-order valence-corrected chi connectivity index (χ3v) is 4.36. The fraction of sp³-hybridized carbons (Fsp3) is 0.333. The number of carbonyl (C=O) groups is 1. The molecule has 0 saturated carbocycles. The summed E-state index contributed by atoms with van der Waals surface area (Å²) in [4.78, 5) is 17.3. The standard InChI is InChI=1S/C18H21Cl2N3O3/c1-11-5-15(25-3)16(26-4)6-12(11)9-23(2)10-17(24)22-18-14(20)7-13(19)8-21-18/h5-8H,9-10H2,1-4H3,(H,21,22,24)/p+1. The van der Waals surface area contributed by atoms with Gasteiger partial charge in [0.25, 0.3) is 5.91 Å². The fourth-order valence-corrected chi connectivity index (χ4v) is 2.99. The number of hydrogen-bond acceptors (Lipinski definition) is 4. The van der Waals surface area contributed by atoms with Gasteiger partial charge in [-0.25, -0.2) is 4.98 Å². The Morgan fingerprint density at radius 1 is 1.19 bits per heavy atom. The number of rotatable bonds is 7. The number of amides is 1. The molecular formula is C18H22Cl2N3O3+. The molecule has 1 unspecified atom stereocenters. The largest absolute Gasteiger partial charge is 0.493 e. The van der Waals surface area contributed by atoms with Crippen LogP contribution in [0.3, 0.4) is 0 Å². The fourth-order valence-electron chi connectivity index (χ4n) is 2.56. The predicted molar refractivity (Wildman–Crippen MR) is 103 cm³/mol. The normalized spacial score (nSPS) is 11.8. The first-order valence-electron chi connectivity index (χ1n) is 7.97. The minimum Gasteiger partial charge on any atom is -0.493 e. The van der Waals surface area contributed by atoms with Crippen LogP contribution in [-0.2, 0) is 11.3 Å². The van der Waals surface area contributed by atoms with Crippen molar-refractivity contribution in [2.45, 2.75) is 13.5 Å². The number of carbonyl (C=O) groups excluding carboxylic acids is 1. The monoisotopic (exact) mass is 398 g/mol. The summed E-state index contributed by atoms with van der Waals surface area (Å²) in [5.41, 5.74) is 2.15. The van der Waals surface area contributed by atoms with Gasteiger partial charge in [-0.15, -0.1) is 0 Å². The molecule has 2 rings (SSSR count). The molecule has 1 amide bonds. The summed E-state index contributed by atoms with van der Waals surface area (Å²) in [6, 6.07) is 5.40. The lowest BCUT2D eigenvalue weighted by molar-refractivity contribution is -0.885. The number of pyridine rings is 1. The van der Waals surface area contributed by atoms with E-state index in [0.717, 1.165) is 16.0 Å². The summed E-state index contributed by atoms with van der Waals surface area (Å²) in [5, 5.41) is 3.42. The summed E-state index contributed by atoms with van der Waals surface area (Å²) in [5.74, 6) is 1.48. The average molecular weight is 399 g/mol. The number of methoxy groups -OCH3 is 2. The van der Waals surface area contributed by atoms with Crippen molar-refractivity contribution < 1.29 is 19.2 Å². The second kappa shape index (κ2) is 9.07. The lowest BCUT2D eigenvalue weighted by Gasteiger charge is -2.17. The molecule has 8 heteroatoms. The molecule has 1 aromatic heterocycles. The highest BCUT2D eigenvalue weighted by Crippen LogP contribution is 2.29. The maximum absolute atomic E-state index is 12.3. The number of nitrogens with one attached hydrogen (secondary N) is 2. The van der Waals surface area contributed by atoms with Crippen molar-refractivity contribution in [3.05, 3.63) is 45.6 Å². The Bertz CT molecular complexity index is 799. The van der Waals surface area contributed by atoms with Crippen LogP contribution in [0.2, 0.25) is 10.0 Å². The molecule has 6 nitrogen and oxygen atoms in total. The van der Waals surface area contributed by atoms with Gasteiger partial charge in [-0.2, -0.15) is 0 Å². The van der Waals surface area contributed by atoms with Crippen molar-refractivity contribution in [3.63, 3.8) is 0 Å². The predicted octanol–water partition coefficient (Wildman–Crippen LogP) is 2.37. The molecular weight excluding hydrogens is 377 g/mol. The lowest BCUT2D eigenvalue weighted by Crippen LogP contribution is -3.08. The van der Waals surface area contributed by atoms with Gasteiger partial charge < -0.3 is 19.7 Å². The quantitative estimate of drug-likeness (QED) is 0.751. The van der Waals surface area contributed by atoms with E-state index in [4.69, 9.17) is 32.7 Å². The van der Waals surface area contributed by atoms with Crippen molar-refractivity contribution in [3.8, 4) is 11.5 Å². The number of quaternary nitrogens is 1. The van der Waals surface area contributed by atoms with Gasteiger partial charge in [-0.1, -0.05) is 23.2 Å². The van der Waals surface area contributed by atoms with Gasteiger partial charge in [0.2, 0.25) is 0 Å². The zero-order valence-electron chi connectivity index (χ0n) is 15.2. The van der Waals surface area contributed by atoms with Crippen LogP contribution in [0.4, 0.5) is 5.82 Å². The van der Waals surface area contributed by atoms with E-state index in [9.17, 15) is 4.79 Å². The van der Waals surface area contributed by atoms with E-state index in [1.165, 1.54) is 12.3 Å². The molecule has 0 aliphatic rings. The highest BCUT2D eigenvalue weighted by Gasteiger charge is 2.16. The molecule has 1 aromatic carbocycles. The molecule has 0 aliphatic heterocycles. The Morgan fingerprint density at radius 3 is 2.46 bits per heavy atom. The minimum absolute atomic E-state index is 0.183. The number of nitrogens with zero attached hydrogens (tertiary/aromatic N) is 1. The van der Waals surface area contributed by atoms with Crippen LogP contribution in [0.1, 0.15) is 11.1 Å². The third kappa shape index (κ3) is 5.24. The summed E-state index contributed by atoms with van der Waals surface area (Å²) in [6.45, 7) is 2.91. The number of anilines is 1. The minimum atomic E-state index is -0.183. The SMILES string of the molecule is COc1cc(C)c(C[NH+](C)CC(=O)Nc2ncc(Cl)cc2Cl)cc1OC. The molecule has 0 bridgehead atoms. The highest BCUT2D eigenvalue weighted by molar-refractivity contribution is 6.36. The van der Waals surface area contributed by atoms with Crippen LogP contribution in [0.25, 0.3) is 0 Å². The van der Waals surface area contributed by atoms with E-state index in [2.05, 4.69) is 10.3 Å². The number of aryl methyl sites for hydroxylation is 1. The van der Waals surface area contributed by atoms with Gasteiger partial charge in [0, 0.05) is 11.8 Å². The number of benzene rings is 1. The molecule has 1 atom stereocenters. The number of ether oxygens (including phenoxy) is 2. The Hall–Kier alpha value is -2.02. The molecule has 0 radical (unpaired) electrons. The summed E-state index contributed by atoms with van der Waals surface area (Å²) < 4.78 is 10.7. The maximum atomic E-state index is 12.3. The second-order valence-electron chi connectivity index (χ2n) is 5.98. The Labute approximate surface area is 163 Å². The molecule has 140 valence electrons. The molecule has 0 aliphatic carbocycles. The number of hydrogen-bond donors (Lipinski definition) is 2.